The van der Waals surface area contributed by atoms with Crippen LogP contribution < -0.4 is 5.32 Å². The van der Waals surface area contributed by atoms with E-state index in [1.165, 1.54) is 7.11 Å². The third-order valence-corrected chi connectivity index (χ3v) is 3.45. The number of carbonyl (C=O) groups is 1. The second-order valence-electron chi connectivity index (χ2n) is 4.64. The van der Waals surface area contributed by atoms with Gasteiger partial charge in [0.1, 0.15) is 11.6 Å². The molecule has 0 bridgehead atoms. The number of esters is 1. The third kappa shape index (κ3) is 1.94. The number of imidazole rings is 1. The van der Waals surface area contributed by atoms with E-state index in [2.05, 4.69) is 10.3 Å². The highest BCUT2D eigenvalue weighted by atomic mass is 16.5. The molecule has 2 N–H and O–H groups in total. The van der Waals surface area contributed by atoms with Crippen LogP contribution in [0, 0.1) is 0 Å². The highest BCUT2D eigenvalue weighted by Gasteiger charge is 2.25. The van der Waals surface area contributed by atoms with E-state index >= 15 is 0 Å². The smallest absolute Gasteiger partial charge is 0.358 e. The molecule has 3 rings (SSSR count). The summed E-state index contributed by atoms with van der Waals surface area (Å²) in [6.07, 6.45) is 2.55. The fraction of sp³-hybridized carbons (Fsp3) is 0.385. The summed E-state index contributed by atoms with van der Waals surface area (Å²) in [6.45, 7) is 1.77. The van der Waals surface area contributed by atoms with Crippen molar-refractivity contribution in [1.82, 2.24) is 14.7 Å². The molecular formula is C13H15N3O3. The first-order valence-electron chi connectivity index (χ1n) is 6.20. The van der Waals surface area contributed by atoms with E-state index in [0.717, 1.165) is 25.3 Å². The SMILES string of the molecule is COC(=O)c1nc(C2CCNC2)n2cc(O)ccc12. The Balaban J connectivity index is 2.20. The monoisotopic (exact) mass is 261 g/mol. The first-order chi connectivity index (χ1) is 9.20. The van der Waals surface area contributed by atoms with Crippen LogP contribution in [0.25, 0.3) is 5.52 Å². The first kappa shape index (κ1) is 12.0. The van der Waals surface area contributed by atoms with Crippen LogP contribution in [-0.2, 0) is 4.74 Å². The molecule has 1 unspecified atom stereocenters. The summed E-state index contributed by atoms with van der Waals surface area (Å²) < 4.78 is 6.53. The van der Waals surface area contributed by atoms with Crippen molar-refractivity contribution in [3.63, 3.8) is 0 Å². The summed E-state index contributed by atoms with van der Waals surface area (Å²) in [7, 11) is 1.34. The molecule has 2 aromatic rings. The number of pyridine rings is 1. The Hall–Kier alpha value is -2.08. The molecule has 0 spiro atoms. The number of aromatic hydroxyl groups is 1. The van der Waals surface area contributed by atoms with Crippen LogP contribution >= 0.6 is 0 Å². The molecule has 6 heteroatoms. The summed E-state index contributed by atoms with van der Waals surface area (Å²) in [5.41, 5.74) is 0.955. The maximum Gasteiger partial charge on any atom is 0.358 e. The molecule has 0 radical (unpaired) electrons. The van der Waals surface area contributed by atoms with E-state index in [-0.39, 0.29) is 11.7 Å². The van der Waals surface area contributed by atoms with Crippen LogP contribution in [0.3, 0.4) is 0 Å². The Morgan fingerprint density at radius 2 is 2.42 bits per heavy atom. The van der Waals surface area contributed by atoms with Crippen LogP contribution in [-0.4, -0.2) is 40.7 Å². The topological polar surface area (TPSA) is 75.9 Å². The standard InChI is InChI=1S/C13H15N3O3/c1-19-13(18)11-10-3-2-9(17)7-16(10)12(15-11)8-4-5-14-6-8/h2-3,7-8,14,17H,4-6H2,1H3. The number of nitrogens with zero attached hydrogens (tertiary/aromatic N) is 2. The summed E-state index contributed by atoms with van der Waals surface area (Å²) in [5.74, 6) is 0.720. The van der Waals surface area contributed by atoms with Crippen molar-refractivity contribution in [1.29, 1.82) is 0 Å². The summed E-state index contributed by atoms with van der Waals surface area (Å²) in [4.78, 5) is 16.2. The average Bonchev–Trinajstić information content (AvgIpc) is 3.03. The summed E-state index contributed by atoms with van der Waals surface area (Å²) in [6, 6.07) is 3.22. The second kappa shape index (κ2) is 4.55. The second-order valence-corrected chi connectivity index (χ2v) is 4.64. The van der Waals surface area contributed by atoms with Gasteiger partial charge in [-0.2, -0.15) is 0 Å². The Labute approximate surface area is 110 Å². The van der Waals surface area contributed by atoms with Gasteiger partial charge in [-0.1, -0.05) is 0 Å². The molecule has 1 aliphatic heterocycles. The van der Waals surface area contributed by atoms with Gasteiger partial charge < -0.3 is 15.2 Å². The third-order valence-electron chi connectivity index (χ3n) is 3.45. The molecule has 0 aliphatic carbocycles. The number of hydrogen-bond donors (Lipinski definition) is 2. The number of nitrogens with one attached hydrogen (secondary N) is 1. The maximum atomic E-state index is 11.8. The van der Waals surface area contributed by atoms with Crippen molar-refractivity contribution in [3.05, 3.63) is 29.8 Å². The zero-order valence-corrected chi connectivity index (χ0v) is 10.6. The zero-order valence-electron chi connectivity index (χ0n) is 10.6. The van der Waals surface area contributed by atoms with Gasteiger partial charge in [0.2, 0.25) is 0 Å². The molecule has 100 valence electrons. The Kier molecular flexibility index (Phi) is 2.87. The van der Waals surface area contributed by atoms with Crippen LogP contribution in [0.15, 0.2) is 18.3 Å². The maximum absolute atomic E-state index is 11.8. The van der Waals surface area contributed by atoms with Crippen molar-refractivity contribution in [2.75, 3.05) is 20.2 Å². The summed E-state index contributed by atoms with van der Waals surface area (Å²) >= 11 is 0. The fourth-order valence-corrected chi connectivity index (χ4v) is 2.51. The van der Waals surface area contributed by atoms with Gasteiger partial charge in [0.15, 0.2) is 5.69 Å². The highest BCUT2D eigenvalue weighted by molar-refractivity contribution is 5.95. The number of hydrogen-bond acceptors (Lipinski definition) is 5. The molecule has 1 saturated heterocycles. The minimum atomic E-state index is -0.458. The van der Waals surface area contributed by atoms with Crippen molar-refractivity contribution in [2.45, 2.75) is 12.3 Å². The van der Waals surface area contributed by atoms with Gasteiger partial charge in [-0.3, -0.25) is 4.40 Å². The average molecular weight is 261 g/mol. The molecule has 0 saturated carbocycles. The molecule has 1 atom stereocenters. The molecule has 6 nitrogen and oxygen atoms in total. The van der Waals surface area contributed by atoms with Crippen LogP contribution in [0.4, 0.5) is 0 Å². The first-order valence-corrected chi connectivity index (χ1v) is 6.20. The van der Waals surface area contributed by atoms with Crippen molar-refractivity contribution in [3.8, 4) is 5.75 Å². The molecule has 1 aliphatic rings. The number of fused-ring (bicyclic) bond motifs is 1. The lowest BCUT2D eigenvalue weighted by Crippen LogP contribution is -2.10. The van der Waals surface area contributed by atoms with E-state index in [4.69, 9.17) is 4.74 Å². The van der Waals surface area contributed by atoms with E-state index in [0.29, 0.717) is 11.2 Å². The molecular weight excluding hydrogens is 246 g/mol. The van der Waals surface area contributed by atoms with E-state index in [1.54, 1.807) is 22.7 Å². The van der Waals surface area contributed by atoms with Crippen LogP contribution in [0.2, 0.25) is 0 Å². The quantitative estimate of drug-likeness (QED) is 0.786. The van der Waals surface area contributed by atoms with Gasteiger partial charge in [0.05, 0.1) is 18.8 Å². The van der Waals surface area contributed by atoms with Crippen molar-refractivity contribution in [2.24, 2.45) is 0 Å². The van der Waals surface area contributed by atoms with Gasteiger partial charge in [0, 0.05) is 12.5 Å². The minimum Gasteiger partial charge on any atom is -0.506 e. The number of aromatic nitrogens is 2. The van der Waals surface area contributed by atoms with Gasteiger partial charge >= 0.3 is 5.97 Å². The fourth-order valence-electron chi connectivity index (χ4n) is 2.51. The summed E-state index contributed by atoms with van der Waals surface area (Å²) in [5, 5.41) is 12.9. The highest BCUT2D eigenvalue weighted by Crippen LogP contribution is 2.26. The molecule has 19 heavy (non-hydrogen) atoms. The molecule has 3 heterocycles. The van der Waals surface area contributed by atoms with Crippen molar-refractivity contribution >= 4 is 11.5 Å². The minimum absolute atomic E-state index is 0.147. The van der Waals surface area contributed by atoms with E-state index in [9.17, 15) is 9.90 Å². The predicted octanol–water partition coefficient (Wildman–Crippen LogP) is 0.903. The normalized spacial score (nSPS) is 18.9. The predicted molar refractivity (Wildman–Crippen MR) is 68.4 cm³/mol. The number of carbonyl (C=O) groups excluding carboxylic acids is 1. The molecule has 2 aromatic heterocycles. The van der Waals surface area contributed by atoms with Gasteiger partial charge in [0.25, 0.3) is 0 Å². The number of ether oxygens (including phenoxy) is 1. The van der Waals surface area contributed by atoms with Crippen LogP contribution in [0.1, 0.15) is 28.7 Å². The lowest BCUT2D eigenvalue weighted by Gasteiger charge is -2.07. The zero-order chi connectivity index (χ0) is 13.4. The lowest BCUT2D eigenvalue weighted by molar-refractivity contribution is 0.0596. The Morgan fingerprint density at radius 1 is 1.58 bits per heavy atom. The van der Waals surface area contributed by atoms with E-state index in [1.807, 2.05) is 0 Å². The lowest BCUT2D eigenvalue weighted by atomic mass is 10.1. The van der Waals surface area contributed by atoms with Gasteiger partial charge in [-0.25, -0.2) is 9.78 Å². The van der Waals surface area contributed by atoms with Crippen molar-refractivity contribution < 1.29 is 14.6 Å². The molecule has 1 fully saturated rings. The Morgan fingerprint density at radius 3 is 3.11 bits per heavy atom. The Bertz CT molecular complexity index is 629. The largest absolute Gasteiger partial charge is 0.506 e. The van der Waals surface area contributed by atoms with Gasteiger partial charge in [-0.15, -0.1) is 0 Å². The number of rotatable bonds is 2. The van der Waals surface area contributed by atoms with Crippen LogP contribution in [0.5, 0.6) is 5.75 Å². The molecule has 0 aromatic carbocycles. The molecule has 0 amide bonds. The number of methoxy groups -OCH3 is 1. The van der Waals surface area contributed by atoms with Gasteiger partial charge in [-0.05, 0) is 25.1 Å². The van der Waals surface area contributed by atoms with E-state index < -0.39 is 5.97 Å².